The molecule has 0 N–H and O–H groups in total. The predicted molar refractivity (Wildman–Crippen MR) is 82.6 cm³/mol. The number of ketones is 1. The minimum Gasteiger partial charge on any atom is -0.297 e. The van der Waals surface area contributed by atoms with Gasteiger partial charge in [0.05, 0.1) is 4.90 Å². The van der Waals surface area contributed by atoms with Crippen molar-refractivity contribution in [2.24, 2.45) is 5.92 Å². The van der Waals surface area contributed by atoms with Crippen LogP contribution < -0.4 is 0 Å². The average Bonchev–Trinajstić information content (AvgIpc) is 2.45. The number of aryl methyl sites for hydroxylation is 1. The minimum absolute atomic E-state index is 0.0829. The molecule has 0 aliphatic rings. The van der Waals surface area contributed by atoms with Crippen molar-refractivity contribution in [2.45, 2.75) is 51.3 Å². The van der Waals surface area contributed by atoms with E-state index in [9.17, 15) is 13.2 Å². The van der Waals surface area contributed by atoms with Crippen molar-refractivity contribution in [1.29, 1.82) is 0 Å². The van der Waals surface area contributed by atoms with Crippen molar-refractivity contribution < 1.29 is 17.4 Å². The number of rotatable bonds is 9. The Morgan fingerprint density at radius 3 is 2.38 bits per heavy atom. The van der Waals surface area contributed by atoms with Crippen LogP contribution in [0, 0.1) is 12.8 Å². The molecule has 1 atom stereocenters. The first kappa shape index (κ1) is 17.9. The van der Waals surface area contributed by atoms with Crippen molar-refractivity contribution in [3.8, 4) is 0 Å². The van der Waals surface area contributed by atoms with Crippen LogP contribution in [0.15, 0.2) is 29.2 Å². The molecule has 1 rings (SSSR count). The topological polar surface area (TPSA) is 60.4 Å². The maximum atomic E-state index is 12.0. The second-order valence-corrected chi connectivity index (χ2v) is 7.01. The van der Waals surface area contributed by atoms with Gasteiger partial charge in [0.15, 0.2) is 5.78 Å². The molecule has 0 aliphatic carbocycles. The molecule has 0 spiro atoms. The van der Waals surface area contributed by atoms with Gasteiger partial charge in [-0.15, -0.1) is 0 Å². The molecule has 0 aliphatic heterocycles. The summed E-state index contributed by atoms with van der Waals surface area (Å²) < 4.78 is 28.8. The molecule has 1 aromatic rings. The summed E-state index contributed by atoms with van der Waals surface area (Å²) in [7, 11) is -3.85. The first-order valence-electron chi connectivity index (χ1n) is 7.35. The van der Waals surface area contributed by atoms with Crippen molar-refractivity contribution in [2.75, 3.05) is 6.61 Å². The molecule has 0 saturated heterocycles. The summed E-state index contributed by atoms with van der Waals surface area (Å²) in [6, 6.07) is 6.37. The number of benzene rings is 1. The fraction of sp³-hybridized carbons (Fsp3) is 0.562. The van der Waals surface area contributed by atoms with E-state index in [0.29, 0.717) is 0 Å². The molecule has 0 radical (unpaired) electrons. The number of carbonyl (C=O) groups is 1. The summed E-state index contributed by atoms with van der Waals surface area (Å²) in [5.41, 5.74) is 0.967. The maximum absolute atomic E-state index is 12.0. The lowest BCUT2D eigenvalue weighted by molar-refractivity contribution is -0.124. The highest BCUT2D eigenvalue weighted by Gasteiger charge is 2.19. The van der Waals surface area contributed by atoms with Crippen molar-refractivity contribution >= 4 is 15.9 Å². The van der Waals surface area contributed by atoms with E-state index in [1.54, 1.807) is 12.1 Å². The zero-order valence-electron chi connectivity index (χ0n) is 13.0. The Morgan fingerprint density at radius 2 is 1.81 bits per heavy atom. The molecule has 0 heterocycles. The fourth-order valence-corrected chi connectivity index (χ4v) is 2.79. The summed E-state index contributed by atoms with van der Waals surface area (Å²) in [5, 5.41) is 0. The first-order valence-corrected chi connectivity index (χ1v) is 8.76. The van der Waals surface area contributed by atoms with Gasteiger partial charge in [-0.3, -0.25) is 8.98 Å². The number of Topliss-reactive ketones (excluding diaryl/α,β-unsaturated/α-hetero) is 1. The molecule has 4 nitrogen and oxygen atoms in total. The number of unbranched alkanes of at least 4 members (excludes halogenated alkanes) is 2. The Labute approximate surface area is 127 Å². The van der Waals surface area contributed by atoms with Gasteiger partial charge in [-0.2, -0.15) is 8.42 Å². The van der Waals surface area contributed by atoms with Crippen LogP contribution in [0.25, 0.3) is 0 Å². The highest BCUT2D eigenvalue weighted by Crippen LogP contribution is 2.15. The molecule has 0 saturated carbocycles. The van der Waals surface area contributed by atoms with E-state index < -0.39 is 10.1 Å². The van der Waals surface area contributed by atoms with E-state index in [0.717, 1.165) is 31.2 Å². The molecule has 21 heavy (non-hydrogen) atoms. The van der Waals surface area contributed by atoms with Gasteiger partial charge < -0.3 is 0 Å². The van der Waals surface area contributed by atoms with Gasteiger partial charge in [0, 0.05) is 5.92 Å². The summed E-state index contributed by atoms with van der Waals surface area (Å²) >= 11 is 0. The molecule has 0 bridgehead atoms. The second kappa shape index (κ2) is 8.29. The van der Waals surface area contributed by atoms with Crippen LogP contribution in [-0.4, -0.2) is 20.8 Å². The van der Waals surface area contributed by atoms with Crippen LogP contribution in [0.3, 0.4) is 0 Å². The highest BCUT2D eigenvalue weighted by molar-refractivity contribution is 7.86. The molecule has 1 aromatic carbocycles. The molecule has 118 valence electrons. The molecular weight excluding hydrogens is 288 g/mol. The lowest BCUT2D eigenvalue weighted by Gasteiger charge is -2.10. The average molecular weight is 312 g/mol. The van der Waals surface area contributed by atoms with E-state index in [1.165, 1.54) is 12.1 Å². The standard InChI is InChI=1S/C16H24O4S/c1-4-5-6-7-14(3)16(17)12-20-21(18,19)15-10-8-13(2)9-11-15/h8-11,14H,4-7,12H2,1-3H3. The predicted octanol–water partition coefficient (Wildman–Crippen LogP) is 3.49. The van der Waals surface area contributed by atoms with E-state index in [-0.39, 0.29) is 23.2 Å². The Hall–Kier alpha value is -1.20. The Kier molecular flexibility index (Phi) is 7.05. The first-order chi connectivity index (χ1) is 9.86. The van der Waals surface area contributed by atoms with Gasteiger partial charge in [-0.05, 0) is 25.5 Å². The van der Waals surface area contributed by atoms with Crippen LogP contribution in [0.2, 0.25) is 0 Å². The van der Waals surface area contributed by atoms with Crippen LogP contribution in [0.1, 0.15) is 45.1 Å². The van der Waals surface area contributed by atoms with Crippen molar-refractivity contribution in [3.05, 3.63) is 29.8 Å². The summed E-state index contributed by atoms with van der Waals surface area (Å²) in [6.45, 7) is 5.41. The van der Waals surface area contributed by atoms with Gasteiger partial charge in [-0.25, -0.2) is 0 Å². The van der Waals surface area contributed by atoms with Gasteiger partial charge in [0.2, 0.25) is 0 Å². The molecule has 0 amide bonds. The van der Waals surface area contributed by atoms with E-state index in [4.69, 9.17) is 4.18 Å². The summed E-state index contributed by atoms with van der Waals surface area (Å²) in [5.74, 6) is -0.327. The maximum Gasteiger partial charge on any atom is 0.297 e. The van der Waals surface area contributed by atoms with E-state index in [1.807, 2.05) is 13.8 Å². The lowest BCUT2D eigenvalue weighted by atomic mass is 9.99. The third kappa shape index (κ3) is 5.98. The van der Waals surface area contributed by atoms with Crippen LogP contribution in [-0.2, 0) is 19.1 Å². The zero-order valence-corrected chi connectivity index (χ0v) is 13.8. The van der Waals surface area contributed by atoms with Crippen molar-refractivity contribution in [3.63, 3.8) is 0 Å². The van der Waals surface area contributed by atoms with E-state index >= 15 is 0 Å². The summed E-state index contributed by atoms with van der Waals surface area (Å²) in [4.78, 5) is 12.0. The van der Waals surface area contributed by atoms with Gasteiger partial charge in [0.25, 0.3) is 10.1 Å². The molecule has 0 aromatic heterocycles. The lowest BCUT2D eigenvalue weighted by Crippen LogP contribution is -2.20. The van der Waals surface area contributed by atoms with Crippen LogP contribution in [0.4, 0.5) is 0 Å². The minimum atomic E-state index is -3.85. The third-order valence-corrected chi connectivity index (χ3v) is 4.73. The van der Waals surface area contributed by atoms with Crippen LogP contribution in [0.5, 0.6) is 0 Å². The highest BCUT2D eigenvalue weighted by atomic mass is 32.2. The van der Waals surface area contributed by atoms with Gasteiger partial charge in [-0.1, -0.05) is 50.8 Å². The summed E-state index contributed by atoms with van der Waals surface area (Å²) in [6.07, 6.45) is 3.94. The smallest absolute Gasteiger partial charge is 0.297 e. The van der Waals surface area contributed by atoms with Gasteiger partial charge in [0.1, 0.15) is 6.61 Å². The Morgan fingerprint density at radius 1 is 1.19 bits per heavy atom. The van der Waals surface area contributed by atoms with Gasteiger partial charge >= 0.3 is 0 Å². The monoisotopic (exact) mass is 312 g/mol. The Balaban J connectivity index is 2.53. The molecule has 1 unspecified atom stereocenters. The number of hydrogen-bond acceptors (Lipinski definition) is 4. The zero-order chi connectivity index (χ0) is 15.9. The van der Waals surface area contributed by atoms with E-state index in [2.05, 4.69) is 6.92 Å². The number of hydrogen-bond donors (Lipinski definition) is 0. The third-order valence-electron chi connectivity index (χ3n) is 3.46. The molecule has 5 heteroatoms. The largest absolute Gasteiger partial charge is 0.297 e. The molecule has 0 fully saturated rings. The Bertz CT molecular complexity index is 546. The fourth-order valence-electron chi connectivity index (χ4n) is 1.91. The van der Waals surface area contributed by atoms with Crippen LogP contribution >= 0.6 is 0 Å². The SMILES string of the molecule is CCCCCC(C)C(=O)COS(=O)(=O)c1ccc(C)cc1. The quantitative estimate of drug-likeness (QED) is 0.517. The number of carbonyl (C=O) groups excluding carboxylic acids is 1. The normalized spacial score (nSPS) is 13.1. The molecular formula is C16H24O4S. The second-order valence-electron chi connectivity index (χ2n) is 5.39. The van der Waals surface area contributed by atoms with Crippen molar-refractivity contribution in [1.82, 2.24) is 0 Å².